The number of alkyl halides is 3. The van der Waals surface area contributed by atoms with Gasteiger partial charge in [-0.15, -0.1) is 12.4 Å². The van der Waals surface area contributed by atoms with Crippen LogP contribution in [0.5, 0.6) is 5.88 Å². The van der Waals surface area contributed by atoms with Gasteiger partial charge in [0.2, 0.25) is 5.88 Å². The second kappa shape index (κ2) is 11.6. The molecule has 0 fully saturated rings. The molecule has 0 bridgehead atoms. The van der Waals surface area contributed by atoms with E-state index in [0.29, 0.717) is 36.5 Å². The van der Waals surface area contributed by atoms with Crippen LogP contribution in [0.25, 0.3) is 0 Å². The summed E-state index contributed by atoms with van der Waals surface area (Å²) in [5.74, 6) is -0.00553. The number of methoxy groups -OCH3 is 1. The maximum atomic E-state index is 13.4. The predicted octanol–water partition coefficient (Wildman–Crippen LogP) is 6.35. The summed E-state index contributed by atoms with van der Waals surface area (Å²) in [5.41, 5.74) is 1.34. The molecule has 5 nitrogen and oxygen atoms in total. The molecular weight excluding hydrogens is 455 g/mol. The van der Waals surface area contributed by atoms with Gasteiger partial charge in [-0.3, -0.25) is 4.79 Å². The van der Waals surface area contributed by atoms with Crippen molar-refractivity contribution in [1.29, 1.82) is 0 Å². The number of pyridine rings is 1. The summed E-state index contributed by atoms with van der Waals surface area (Å²) in [6.07, 6.45) is -1.92. The third kappa shape index (κ3) is 6.86. The third-order valence-corrected chi connectivity index (χ3v) is 4.85. The van der Waals surface area contributed by atoms with Crippen molar-refractivity contribution in [3.8, 4) is 5.88 Å². The van der Waals surface area contributed by atoms with E-state index in [-0.39, 0.29) is 23.7 Å². The minimum atomic E-state index is -4.49. The van der Waals surface area contributed by atoms with Gasteiger partial charge in [0.15, 0.2) is 0 Å². The van der Waals surface area contributed by atoms with E-state index in [0.717, 1.165) is 11.6 Å². The zero-order valence-electron chi connectivity index (χ0n) is 18.2. The summed E-state index contributed by atoms with van der Waals surface area (Å²) >= 11 is 0. The molecule has 0 saturated carbocycles. The molecule has 0 radical (unpaired) electrons. The number of benzene rings is 2. The number of amides is 1. The van der Waals surface area contributed by atoms with Crippen LogP contribution in [0.4, 0.5) is 24.5 Å². The Morgan fingerprint density at radius 1 is 1.09 bits per heavy atom. The topological polar surface area (TPSA) is 63.2 Å². The Morgan fingerprint density at radius 2 is 1.85 bits per heavy atom. The van der Waals surface area contributed by atoms with Crippen LogP contribution in [0, 0.1) is 0 Å². The van der Waals surface area contributed by atoms with E-state index in [4.69, 9.17) is 4.74 Å². The van der Waals surface area contributed by atoms with E-state index in [2.05, 4.69) is 15.6 Å². The van der Waals surface area contributed by atoms with Gasteiger partial charge in [-0.1, -0.05) is 37.6 Å². The van der Waals surface area contributed by atoms with E-state index in [1.165, 1.54) is 19.2 Å². The summed E-state index contributed by atoms with van der Waals surface area (Å²) < 4.78 is 45.4. The molecule has 176 valence electrons. The molecule has 2 aromatic carbocycles. The number of aromatic nitrogens is 1. The molecule has 0 aliphatic heterocycles. The SMILES string of the molecule is CCCc1ccc(NC(=O)c2ccccc2NCc2ccc(OC)nc2)cc1C(F)(F)F.Cl. The summed E-state index contributed by atoms with van der Waals surface area (Å²) in [6.45, 7) is 2.23. The maximum Gasteiger partial charge on any atom is 0.416 e. The standard InChI is InChI=1S/C24H24F3N3O2.ClH/c1-3-6-17-10-11-18(13-20(17)24(25,26)27)30-23(31)19-7-4-5-8-21(19)28-14-16-9-12-22(32-2)29-15-16;/h4-5,7-13,15,28H,3,6,14H2,1-2H3,(H,30,31);1H. The lowest BCUT2D eigenvalue weighted by molar-refractivity contribution is -0.138. The van der Waals surface area contributed by atoms with Crippen molar-refractivity contribution in [2.75, 3.05) is 17.7 Å². The van der Waals surface area contributed by atoms with Crippen molar-refractivity contribution in [1.82, 2.24) is 4.98 Å². The maximum absolute atomic E-state index is 13.4. The molecule has 1 amide bonds. The molecule has 1 heterocycles. The number of hydrogen-bond donors (Lipinski definition) is 2. The van der Waals surface area contributed by atoms with E-state index in [1.54, 1.807) is 36.5 Å². The fraction of sp³-hybridized carbons (Fsp3) is 0.250. The molecule has 2 N–H and O–H groups in total. The van der Waals surface area contributed by atoms with Crippen molar-refractivity contribution in [3.05, 3.63) is 83.0 Å². The van der Waals surface area contributed by atoms with Crippen LogP contribution >= 0.6 is 12.4 Å². The van der Waals surface area contributed by atoms with Crippen LogP contribution in [0.2, 0.25) is 0 Å². The molecule has 0 aliphatic rings. The molecule has 9 heteroatoms. The highest BCUT2D eigenvalue weighted by Crippen LogP contribution is 2.34. The fourth-order valence-electron chi connectivity index (χ4n) is 3.27. The van der Waals surface area contributed by atoms with Gasteiger partial charge in [-0.05, 0) is 41.8 Å². The van der Waals surface area contributed by atoms with Crippen molar-refractivity contribution in [2.24, 2.45) is 0 Å². The first-order valence-corrected chi connectivity index (χ1v) is 10.1. The normalized spacial score (nSPS) is 10.8. The highest BCUT2D eigenvalue weighted by atomic mass is 35.5. The predicted molar refractivity (Wildman–Crippen MR) is 125 cm³/mol. The average Bonchev–Trinajstić information content (AvgIpc) is 2.78. The summed E-state index contributed by atoms with van der Waals surface area (Å²) in [7, 11) is 1.53. The van der Waals surface area contributed by atoms with Crippen LogP contribution in [0.3, 0.4) is 0 Å². The molecule has 3 rings (SSSR count). The number of hydrogen-bond acceptors (Lipinski definition) is 4. The molecule has 0 spiro atoms. The van der Waals surface area contributed by atoms with E-state index >= 15 is 0 Å². The zero-order valence-corrected chi connectivity index (χ0v) is 19.0. The second-order valence-corrected chi connectivity index (χ2v) is 7.18. The first kappa shape index (κ1) is 26.0. The van der Waals surface area contributed by atoms with Crippen LogP contribution in [0.1, 0.15) is 40.4 Å². The van der Waals surface area contributed by atoms with Crippen LogP contribution < -0.4 is 15.4 Å². The Morgan fingerprint density at radius 3 is 2.48 bits per heavy atom. The quantitative estimate of drug-likeness (QED) is 0.395. The van der Waals surface area contributed by atoms with Gasteiger partial charge in [0.25, 0.3) is 5.91 Å². The Balaban J connectivity index is 0.00000385. The number of para-hydroxylation sites is 1. The molecular formula is C24H25ClF3N3O2. The van der Waals surface area contributed by atoms with Gasteiger partial charge in [0.05, 0.1) is 18.2 Å². The van der Waals surface area contributed by atoms with E-state index in [9.17, 15) is 18.0 Å². The van der Waals surface area contributed by atoms with Crippen LogP contribution in [-0.2, 0) is 19.1 Å². The number of carbonyl (C=O) groups is 1. The molecule has 0 atom stereocenters. The van der Waals surface area contributed by atoms with Crippen LogP contribution in [0.15, 0.2) is 60.8 Å². The number of halogens is 4. The average molecular weight is 480 g/mol. The highest BCUT2D eigenvalue weighted by Gasteiger charge is 2.33. The van der Waals surface area contributed by atoms with Gasteiger partial charge >= 0.3 is 6.18 Å². The first-order chi connectivity index (χ1) is 15.3. The lowest BCUT2D eigenvalue weighted by Crippen LogP contribution is -2.16. The minimum absolute atomic E-state index is 0. The minimum Gasteiger partial charge on any atom is -0.481 e. The van der Waals surface area contributed by atoms with Crippen molar-refractivity contribution in [3.63, 3.8) is 0 Å². The Kier molecular flexibility index (Phi) is 9.11. The molecule has 0 unspecified atom stereocenters. The number of nitrogens with one attached hydrogen (secondary N) is 2. The fourth-order valence-corrected chi connectivity index (χ4v) is 3.27. The monoisotopic (exact) mass is 479 g/mol. The van der Waals surface area contributed by atoms with Crippen molar-refractivity contribution < 1.29 is 22.7 Å². The third-order valence-electron chi connectivity index (χ3n) is 4.85. The van der Waals surface area contributed by atoms with Gasteiger partial charge in [0.1, 0.15) is 0 Å². The Labute approximate surface area is 196 Å². The number of carbonyl (C=O) groups excluding carboxylic acids is 1. The van der Waals surface area contributed by atoms with Gasteiger partial charge < -0.3 is 15.4 Å². The number of anilines is 2. The molecule has 1 aromatic heterocycles. The lowest BCUT2D eigenvalue weighted by Gasteiger charge is -2.16. The number of nitrogens with zero attached hydrogens (tertiary/aromatic N) is 1. The zero-order chi connectivity index (χ0) is 23.1. The van der Waals surface area contributed by atoms with Crippen LogP contribution in [-0.4, -0.2) is 18.0 Å². The molecule has 3 aromatic rings. The second-order valence-electron chi connectivity index (χ2n) is 7.18. The largest absolute Gasteiger partial charge is 0.481 e. The lowest BCUT2D eigenvalue weighted by atomic mass is 10.0. The highest BCUT2D eigenvalue weighted by molar-refractivity contribution is 6.08. The molecule has 33 heavy (non-hydrogen) atoms. The number of rotatable bonds is 8. The van der Waals surface area contributed by atoms with E-state index < -0.39 is 17.6 Å². The molecule has 0 saturated heterocycles. The first-order valence-electron chi connectivity index (χ1n) is 10.1. The van der Waals surface area contributed by atoms with Gasteiger partial charge in [-0.25, -0.2) is 4.98 Å². The van der Waals surface area contributed by atoms with Gasteiger partial charge in [-0.2, -0.15) is 13.2 Å². The number of ether oxygens (including phenoxy) is 1. The summed E-state index contributed by atoms with van der Waals surface area (Å²) in [5, 5.41) is 5.76. The summed E-state index contributed by atoms with van der Waals surface area (Å²) in [6, 6.07) is 14.3. The smallest absolute Gasteiger partial charge is 0.416 e. The Hall–Kier alpha value is -3.26. The molecule has 0 aliphatic carbocycles. The van der Waals surface area contributed by atoms with E-state index in [1.807, 2.05) is 13.0 Å². The van der Waals surface area contributed by atoms with Crippen molar-refractivity contribution in [2.45, 2.75) is 32.5 Å². The Bertz CT molecular complexity index is 1070. The number of aryl methyl sites for hydroxylation is 1. The van der Waals surface area contributed by atoms with Crippen molar-refractivity contribution >= 4 is 29.7 Å². The van der Waals surface area contributed by atoms with Gasteiger partial charge in [0, 0.05) is 30.2 Å². The summed E-state index contributed by atoms with van der Waals surface area (Å²) in [4.78, 5) is 17.0.